The van der Waals surface area contributed by atoms with E-state index in [0.717, 1.165) is 17.9 Å². The van der Waals surface area contributed by atoms with Crippen LogP contribution in [0, 0.1) is 6.92 Å². The summed E-state index contributed by atoms with van der Waals surface area (Å²) in [5.41, 5.74) is 3.37. The van der Waals surface area contributed by atoms with Crippen molar-refractivity contribution >= 4 is 0 Å². The van der Waals surface area contributed by atoms with Crippen molar-refractivity contribution in [3.63, 3.8) is 0 Å². The van der Waals surface area contributed by atoms with Crippen LogP contribution >= 0.6 is 0 Å². The van der Waals surface area contributed by atoms with Crippen molar-refractivity contribution in [1.29, 1.82) is 0 Å². The van der Waals surface area contributed by atoms with Gasteiger partial charge in [-0.1, -0.05) is 6.07 Å². The predicted molar refractivity (Wildman–Crippen MR) is 67.4 cm³/mol. The van der Waals surface area contributed by atoms with Crippen LogP contribution in [-0.4, -0.2) is 14.8 Å². The van der Waals surface area contributed by atoms with E-state index in [-0.39, 0.29) is 6.04 Å². The van der Waals surface area contributed by atoms with Gasteiger partial charge in [0, 0.05) is 37.6 Å². The Hall–Kier alpha value is -1.68. The van der Waals surface area contributed by atoms with E-state index in [1.165, 1.54) is 5.56 Å². The van der Waals surface area contributed by atoms with Crippen LogP contribution in [0.4, 0.5) is 0 Å². The molecule has 90 valence electrons. The average Bonchev–Trinajstić information content (AvgIpc) is 2.66. The van der Waals surface area contributed by atoms with Crippen molar-refractivity contribution in [3.8, 4) is 0 Å². The van der Waals surface area contributed by atoms with Crippen LogP contribution in [0.2, 0.25) is 0 Å². The topological polar surface area (TPSA) is 42.7 Å². The lowest BCUT2D eigenvalue weighted by atomic mass is 10.2. The van der Waals surface area contributed by atoms with E-state index in [0.29, 0.717) is 0 Å². The molecule has 0 aliphatic carbocycles. The van der Waals surface area contributed by atoms with Gasteiger partial charge in [0.05, 0.1) is 11.4 Å². The highest BCUT2D eigenvalue weighted by atomic mass is 15.2. The van der Waals surface area contributed by atoms with Crippen molar-refractivity contribution in [3.05, 3.63) is 47.5 Å². The minimum atomic E-state index is 0.246. The van der Waals surface area contributed by atoms with Gasteiger partial charge in [0.25, 0.3) is 0 Å². The highest BCUT2D eigenvalue weighted by Crippen LogP contribution is 2.10. The number of aromatic nitrogens is 3. The monoisotopic (exact) mass is 230 g/mol. The van der Waals surface area contributed by atoms with E-state index in [9.17, 15) is 0 Å². The van der Waals surface area contributed by atoms with E-state index < -0.39 is 0 Å². The number of pyridine rings is 1. The summed E-state index contributed by atoms with van der Waals surface area (Å²) in [5, 5.41) is 7.78. The second kappa shape index (κ2) is 5.10. The summed E-state index contributed by atoms with van der Waals surface area (Å²) in [6.45, 7) is 4.97. The molecule has 0 radical (unpaired) electrons. The number of nitrogens with zero attached hydrogens (tertiary/aromatic N) is 3. The number of rotatable bonds is 4. The third-order valence-corrected chi connectivity index (χ3v) is 2.85. The maximum absolute atomic E-state index is 4.34. The molecule has 4 nitrogen and oxygen atoms in total. The zero-order valence-corrected chi connectivity index (χ0v) is 10.5. The lowest BCUT2D eigenvalue weighted by Crippen LogP contribution is -2.19. The minimum absolute atomic E-state index is 0.246. The van der Waals surface area contributed by atoms with Crippen molar-refractivity contribution in [2.24, 2.45) is 7.05 Å². The van der Waals surface area contributed by atoms with E-state index in [2.05, 4.69) is 22.3 Å². The third-order valence-electron chi connectivity index (χ3n) is 2.85. The molecule has 4 heteroatoms. The highest BCUT2D eigenvalue weighted by Gasteiger charge is 2.07. The first-order valence-corrected chi connectivity index (χ1v) is 5.80. The summed E-state index contributed by atoms with van der Waals surface area (Å²) in [5.74, 6) is 0. The summed E-state index contributed by atoms with van der Waals surface area (Å²) >= 11 is 0. The summed E-state index contributed by atoms with van der Waals surface area (Å²) < 4.78 is 1.85. The van der Waals surface area contributed by atoms with Crippen LogP contribution in [0.1, 0.15) is 29.9 Å². The van der Waals surface area contributed by atoms with Gasteiger partial charge in [0.1, 0.15) is 0 Å². The second-order valence-electron chi connectivity index (χ2n) is 4.27. The first kappa shape index (κ1) is 11.8. The predicted octanol–water partition coefficient (Wildman–Crippen LogP) is 1.97. The van der Waals surface area contributed by atoms with Gasteiger partial charge in [-0.05, 0) is 26.0 Å². The molecule has 0 aliphatic heterocycles. The van der Waals surface area contributed by atoms with E-state index in [1.807, 2.05) is 49.2 Å². The normalized spacial score (nSPS) is 12.6. The van der Waals surface area contributed by atoms with Gasteiger partial charge in [-0.25, -0.2) is 0 Å². The first-order chi connectivity index (χ1) is 8.16. The zero-order chi connectivity index (χ0) is 12.3. The fraction of sp³-hybridized carbons (Fsp3) is 0.385. The first-order valence-electron chi connectivity index (χ1n) is 5.80. The van der Waals surface area contributed by atoms with Gasteiger partial charge in [0.2, 0.25) is 0 Å². The second-order valence-corrected chi connectivity index (χ2v) is 4.27. The van der Waals surface area contributed by atoms with Crippen LogP contribution in [0.3, 0.4) is 0 Å². The molecule has 2 rings (SSSR count). The summed E-state index contributed by atoms with van der Waals surface area (Å²) in [4.78, 5) is 4.34. The maximum atomic E-state index is 4.34. The molecule has 0 spiro atoms. The molecule has 0 saturated carbocycles. The number of aryl methyl sites for hydroxylation is 2. The average molecular weight is 230 g/mol. The molecular weight excluding hydrogens is 212 g/mol. The lowest BCUT2D eigenvalue weighted by molar-refractivity contribution is 0.560. The Labute approximate surface area is 102 Å². The molecule has 1 atom stereocenters. The van der Waals surface area contributed by atoms with Gasteiger partial charge >= 0.3 is 0 Å². The van der Waals surface area contributed by atoms with Gasteiger partial charge in [0.15, 0.2) is 0 Å². The van der Waals surface area contributed by atoms with E-state index in [4.69, 9.17) is 0 Å². The third kappa shape index (κ3) is 2.91. The Morgan fingerprint density at radius 2 is 2.24 bits per heavy atom. The van der Waals surface area contributed by atoms with Gasteiger partial charge in [-0.3, -0.25) is 9.67 Å². The maximum Gasteiger partial charge on any atom is 0.0638 e. The van der Waals surface area contributed by atoms with Crippen LogP contribution in [-0.2, 0) is 13.6 Å². The molecule has 17 heavy (non-hydrogen) atoms. The van der Waals surface area contributed by atoms with Crippen molar-refractivity contribution < 1.29 is 0 Å². The van der Waals surface area contributed by atoms with Crippen LogP contribution in [0.15, 0.2) is 30.6 Å². The molecule has 0 unspecified atom stereocenters. The summed E-state index contributed by atoms with van der Waals surface area (Å²) in [6, 6.07) is 6.22. The van der Waals surface area contributed by atoms with Crippen LogP contribution in [0.25, 0.3) is 0 Å². The minimum Gasteiger partial charge on any atom is -0.305 e. The smallest absolute Gasteiger partial charge is 0.0638 e. The Kier molecular flexibility index (Phi) is 3.54. The fourth-order valence-electron chi connectivity index (χ4n) is 1.82. The Bertz CT molecular complexity index is 475. The Morgan fingerprint density at radius 1 is 1.41 bits per heavy atom. The summed E-state index contributed by atoms with van der Waals surface area (Å²) in [6.07, 6.45) is 3.87. The molecule has 2 aromatic rings. The van der Waals surface area contributed by atoms with Gasteiger partial charge in [-0.2, -0.15) is 5.10 Å². The SMILES string of the molecule is Cc1nn(C)cc1CN[C@H](C)c1ccccn1. The number of nitrogens with one attached hydrogen (secondary N) is 1. The Balaban J connectivity index is 1.97. The zero-order valence-electron chi connectivity index (χ0n) is 10.5. The van der Waals surface area contributed by atoms with E-state index >= 15 is 0 Å². The van der Waals surface area contributed by atoms with Gasteiger partial charge in [-0.15, -0.1) is 0 Å². The van der Waals surface area contributed by atoms with Crippen molar-refractivity contribution in [1.82, 2.24) is 20.1 Å². The standard InChI is InChI=1S/C13H18N4/c1-10-12(9-17(3)16-10)8-15-11(2)13-6-4-5-7-14-13/h4-7,9,11,15H,8H2,1-3H3/t11-/m1/s1. The quantitative estimate of drug-likeness (QED) is 0.873. The van der Waals surface area contributed by atoms with Gasteiger partial charge < -0.3 is 5.32 Å². The van der Waals surface area contributed by atoms with Crippen molar-refractivity contribution in [2.45, 2.75) is 26.4 Å². The molecular formula is C13H18N4. The van der Waals surface area contributed by atoms with Crippen molar-refractivity contribution in [2.75, 3.05) is 0 Å². The largest absolute Gasteiger partial charge is 0.305 e. The number of hydrogen-bond acceptors (Lipinski definition) is 3. The molecule has 1 N–H and O–H groups in total. The highest BCUT2D eigenvalue weighted by molar-refractivity contribution is 5.15. The van der Waals surface area contributed by atoms with Crippen LogP contribution < -0.4 is 5.32 Å². The molecule has 0 bridgehead atoms. The molecule has 2 heterocycles. The molecule has 0 amide bonds. The van der Waals surface area contributed by atoms with E-state index in [1.54, 1.807) is 0 Å². The molecule has 2 aromatic heterocycles. The molecule has 0 saturated heterocycles. The molecule has 0 aliphatic rings. The fourth-order valence-corrected chi connectivity index (χ4v) is 1.82. The lowest BCUT2D eigenvalue weighted by Gasteiger charge is -2.12. The molecule has 0 aromatic carbocycles. The Morgan fingerprint density at radius 3 is 2.82 bits per heavy atom. The van der Waals surface area contributed by atoms with Crippen LogP contribution in [0.5, 0.6) is 0 Å². The summed E-state index contributed by atoms with van der Waals surface area (Å²) in [7, 11) is 1.94. The molecule has 0 fully saturated rings. The number of hydrogen-bond donors (Lipinski definition) is 1.